The molecule has 1 aromatic heterocycles. The van der Waals surface area contributed by atoms with E-state index < -0.39 is 0 Å². The van der Waals surface area contributed by atoms with Gasteiger partial charge in [-0.2, -0.15) is 0 Å². The van der Waals surface area contributed by atoms with Gasteiger partial charge in [0.15, 0.2) is 0 Å². The van der Waals surface area contributed by atoms with Gasteiger partial charge < -0.3 is 9.72 Å². The van der Waals surface area contributed by atoms with Gasteiger partial charge in [0.2, 0.25) is 0 Å². The van der Waals surface area contributed by atoms with E-state index in [1.54, 1.807) is 0 Å². The van der Waals surface area contributed by atoms with E-state index in [0.29, 0.717) is 6.61 Å². The van der Waals surface area contributed by atoms with Crippen molar-refractivity contribution in [3.8, 4) is 5.75 Å². The molecule has 0 bridgehead atoms. The molecule has 3 nitrogen and oxygen atoms in total. The van der Waals surface area contributed by atoms with Crippen LogP contribution in [-0.2, 0) is 6.42 Å². The van der Waals surface area contributed by atoms with E-state index in [2.05, 4.69) is 22.1 Å². The highest BCUT2D eigenvalue weighted by atomic mass is 16.5. The summed E-state index contributed by atoms with van der Waals surface area (Å²) in [7, 11) is 0. The predicted octanol–water partition coefficient (Wildman–Crippen LogP) is 3.55. The number of hydrogen-bond acceptors (Lipinski definition) is 2. The monoisotopic (exact) mass is 252 g/mol. The second kappa shape index (κ2) is 5.14. The maximum atomic E-state index is 5.60. The minimum atomic E-state index is 0.653. The van der Waals surface area contributed by atoms with Crippen molar-refractivity contribution in [3.05, 3.63) is 59.9 Å². The lowest BCUT2D eigenvalue weighted by Crippen LogP contribution is -1.92. The highest BCUT2D eigenvalue weighted by molar-refractivity contribution is 5.81. The van der Waals surface area contributed by atoms with Crippen LogP contribution in [0.2, 0.25) is 0 Å². The summed E-state index contributed by atoms with van der Waals surface area (Å²) in [6.45, 7) is 2.64. The van der Waals surface area contributed by atoms with Crippen molar-refractivity contribution < 1.29 is 4.74 Å². The molecule has 0 fully saturated rings. The summed E-state index contributed by atoms with van der Waals surface area (Å²) in [4.78, 5) is 8.00. The van der Waals surface area contributed by atoms with E-state index in [-0.39, 0.29) is 0 Å². The number of fused-ring (bicyclic) bond motifs is 1. The molecule has 96 valence electrons. The number of rotatable bonds is 4. The number of nitrogens with zero attached hydrogens (tertiary/aromatic N) is 1. The molecule has 19 heavy (non-hydrogen) atoms. The van der Waals surface area contributed by atoms with Crippen LogP contribution in [-0.4, -0.2) is 16.6 Å². The normalized spacial score (nSPS) is 10.8. The predicted molar refractivity (Wildman–Crippen MR) is 76.5 cm³/mol. The Morgan fingerprint density at radius 1 is 1.05 bits per heavy atom. The number of ether oxygens (including phenoxy) is 1. The van der Waals surface area contributed by atoms with Crippen molar-refractivity contribution in [1.82, 2.24) is 9.97 Å². The smallest absolute Gasteiger partial charge is 0.147 e. The minimum absolute atomic E-state index is 0.653. The Morgan fingerprint density at radius 3 is 2.68 bits per heavy atom. The molecule has 0 radical (unpaired) electrons. The molecule has 0 aliphatic rings. The van der Waals surface area contributed by atoms with Crippen LogP contribution in [0.25, 0.3) is 11.0 Å². The number of nitrogens with one attached hydrogen (secondary N) is 1. The fourth-order valence-corrected chi connectivity index (χ4v) is 2.20. The molecular weight excluding hydrogens is 236 g/mol. The van der Waals surface area contributed by atoms with E-state index in [1.165, 1.54) is 5.56 Å². The lowest BCUT2D eigenvalue weighted by atomic mass is 10.1. The highest BCUT2D eigenvalue weighted by Crippen LogP contribution is 2.24. The minimum Gasteiger partial charge on any atom is -0.492 e. The Balaban J connectivity index is 1.95. The van der Waals surface area contributed by atoms with Gasteiger partial charge in [-0.15, -0.1) is 0 Å². The van der Waals surface area contributed by atoms with Gasteiger partial charge in [-0.1, -0.05) is 36.4 Å². The van der Waals surface area contributed by atoms with E-state index in [0.717, 1.165) is 29.0 Å². The van der Waals surface area contributed by atoms with Crippen molar-refractivity contribution in [1.29, 1.82) is 0 Å². The molecule has 0 amide bonds. The van der Waals surface area contributed by atoms with Gasteiger partial charge >= 0.3 is 0 Å². The number of benzene rings is 2. The summed E-state index contributed by atoms with van der Waals surface area (Å²) in [6, 6.07) is 16.3. The van der Waals surface area contributed by atoms with Crippen LogP contribution in [0, 0.1) is 0 Å². The van der Waals surface area contributed by atoms with Crippen LogP contribution in [0.5, 0.6) is 5.75 Å². The van der Waals surface area contributed by atoms with Gasteiger partial charge in [-0.05, 0) is 24.6 Å². The fraction of sp³-hybridized carbons (Fsp3) is 0.188. The van der Waals surface area contributed by atoms with Crippen LogP contribution < -0.4 is 4.74 Å². The van der Waals surface area contributed by atoms with E-state index in [4.69, 9.17) is 4.74 Å². The largest absolute Gasteiger partial charge is 0.492 e. The van der Waals surface area contributed by atoms with Gasteiger partial charge in [0.25, 0.3) is 0 Å². The zero-order valence-electron chi connectivity index (χ0n) is 10.9. The molecule has 2 aromatic carbocycles. The van der Waals surface area contributed by atoms with E-state index in [9.17, 15) is 0 Å². The Kier molecular flexibility index (Phi) is 3.19. The number of imidazole rings is 1. The summed E-state index contributed by atoms with van der Waals surface area (Å²) in [5.41, 5.74) is 3.19. The molecule has 0 saturated heterocycles. The van der Waals surface area contributed by atoms with Crippen LogP contribution in [0.1, 0.15) is 18.3 Å². The molecule has 0 aliphatic carbocycles. The summed E-state index contributed by atoms with van der Waals surface area (Å²) in [5, 5.41) is 0. The zero-order valence-corrected chi connectivity index (χ0v) is 10.9. The molecule has 1 N–H and O–H groups in total. The summed E-state index contributed by atoms with van der Waals surface area (Å²) in [5.74, 6) is 1.81. The van der Waals surface area contributed by atoms with E-state index >= 15 is 0 Å². The first kappa shape index (κ1) is 11.8. The number of aromatic nitrogens is 2. The lowest BCUT2D eigenvalue weighted by Gasteiger charge is -2.01. The number of hydrogen-bond donors (Lipinski definition) is 1. The molecule has 0 saturated carbocycles. The molecule has 3 rings (SSSR count). The number of aromatic amines is 1. The lowest BCUT2D eigenvalue weighted by molar-refractivity contribution is 0.343. The molecule has 3 heteroatoms. The Morgan fingerprint density at radius 2 is 1.89 bits per heavy atom. The molecule has 1 heterocycles. The second-order valence-electron chi connectivity index (χ2n) is 4.43. The summed E-state index contributed by atoms with van der Waals surface area (Å²) >= 11 is 0. The Hall–Kier alpha value is -2.29. The van der Waals surface area contributed by atoms with Crippen LogP contribution in [0.3, 0.4) is 0 Å². The molecule has 0 unspecified atom stereocenters. The molecule has 0 spiro atoms. The van der Waals surface area contributed by atoms with Gasteiger partial charge in [0, 0.05) is 6.42 Å². The molecule has 3 aromatic rings. The molecule has 0 atom stereocenters. The van der Waals surface area contributed by atoms with Gasteiger partial charge in [0.1, 0.15) is 17.1 Å². The average Bonchev–Trinajstić information content (AvgIpc) is 2.84. The van der Waals surface area contributed by atoms with Gasteiger partial charge in [-0.25, -0.2) is 4.98 Å². The third-order valence-corrected chi connectivity index (χ3v) is 3.04. The van der Waals surface area contributed by atoms with E-state index in [1.807, 2.05) is 43.3 Å². The Bertz CT molecular complexity index is 674. The molecule has 0 aliphatic heterocycles. The number of para-hydroxylation sites is 1. The average molecular weight is 252 g/mol. The van der Waals surface area contributed by atoms with Gasteiger partial charge in [0.05, 0.1) is 12.1 Å². The maximum Gasteiger partial charge on any atom is 0.147 e. The highest BCUT2D eigenvalue weighted by Gasteiger charge is 2.08. The summed E-state index contributed by atoms with van der Waals surface area (Å²) < 4.78 is 5.60. The fourth-order valence-electron chi connectivity index (χ4n) is 2.20. The van der Waals surface area contributed by atoms with Crippen LogP contribution in [0.15, 0.2) is 48.5 Å². The van der Waals surface area contributed by atoms with Crippen molar-refractivity contribution >= 4 is 11.0 Å². The third kappa shape index (κ3) is 2.45. The van der Waals surface area contributed by atoms with Crippen molar-refractivity contribution in [2.24, 2.45) is 0 Å². The van der Waals surface area contributed by atoms with Crippen molar-refractivity contribution in [2.75, 3.05) is 6.61 Å². The first-order valence-corrected chi connectivity index (χ1v) is 6.51. The zero-order chi connectivity index (χ0) is 13.1. The quantitative estimate of drug-likeness (QED) is 0.771. The first-order valence-electron chi connectivity index (χ1n) is 6.51. The number of H-pyrrole nitrogens is 1. The maximum absolute atomic E-state index is 5.60. The standard InChI is InChI=1S/C16H16N2O/c1-2-19-14-10-6-9-13-16(14)18-15(17-13)11-12-7-4-3-5-8-12/h3-10H,2,11H2,1H3,(H,17,18). The van der Waals surface area contributed by atoms with Gasteiger partial charge in [-0.3, -0.25) is 0 Å². The van der Waals surface area contributed by atoms with Crippen molar-refractivity contribution in [3.63, 3.8) is 0 Å². The van der Waals surface area contributed by atoms with Crippen LogP contribution >= 0.6 is 0 Å². The third-order valence-electron chi connectivity index (χ3n) is 3.04. The molecular formula is C16H16N2O. The Labute approximate surface area is 112 Å². The summed E-state index contributed by atoms with van der Waals surface area (Å²) in [6.07, 6.45) is 0.807. The first-order chi connectivity index (χ1) is 9.36. The topological polar surface area (TPSA) is 37.9 Å². The second-order valence-corrected chi connectivity index (χ2v) is 4.43. The van der Waals surface area contributed by atoms with Crippen molar-refractivity contribution in [2.45, 2.75) is 13.3 Å². The SMILES string of the molecule is CCOc1cccc2[nH]c(Cc3ccccc3)nc12. The van der Waals surface area contributed by atoms with Crippen LogP contribution in [0.4, 0.5) is 0 Å².